The first-order valence-electron chi connectivity index (χ1n) is 7.78. The molecule has 0 aliphatic carbocycles. The normalized spacial score (nSPS) is 11.5. The Labute approximate surface area is 152 Å². The van der Waals surface area contributed by atoms with Crippen molar-refractivity contribution in [1.29, 1.82) is 0 Å². The molecule has 7 heteroatoms. The van der Waals surface area contributed by atoms with E-state index in [-0.39, 0.29) is 11.3 Å². The standard InChI is InChI=1S/C19H14F2N2O2S/c1-3-10-23-15-9-8-12(25-4-2)11-16(15)26-19(23)22-18(24)17-13(20)6-5-7-14(17)21/h1,5-9,11H,4,10H2,2H3. The molecule has 3 aromatic rings. The SMILES string of the molecule is C#CCn1c(=NC(=O)c2c(F)cccc2F)sc2cc(OCC)ccc21. The Morgan fingerprint density at radius 2 is 2.04 bits per heavy atom. The third-order valence-corrected chi connectivity index (χ3v) is 4.63. The number of fused-ring (bicyclic) bond motifs is 1. The van der Waals surface area contributed by atoms with Crippen LogP contribution in [0.15, 0.2) is 41.4 Å². The van der Waals surface area contributed by atoms with E-state index in [1.165, 1.54) is 17.4 Å². The molecule has 0 bridgehead atoms. The monoisotopic (exact) mass is 372 g/mol. The molecule has 2 aromatic carbocycles. The zero-order valence-corrected chi connectivity index (χ0v) is 14.6. The van der Waals surface area contributed by atoms with Crippen LogP contribution in [0.25, 0.3) is 10.2 Å². The second-order valence-electron chi connectivity index (χ2n) is 5.25. The Balaban J connectivity index is 2.16. The minimum atomic E-state index is -0.997. The topological polar surface area (TPSA) is 43.6 Å². The van der Waals surface area contributed by atoms with E-state index in [4.69, 9.17) is 11.2 Å². The highest BCUT2D eigenvalue weighted by Crippen LogP contribution is 2.23. The summed E-state index contributed by atoms with van der Waals surface area (Å²) in [6.45, 7) is 2.56. The Kier molecular flexibility index (Phi) is 5.14. The highest BCUT2D eigenvalue weighted by atomic mass is 32.1. The van der Waals surface area contributed by atoms with Gasteiger partial charge in [0.25, 0.3) is 5.91 Å². The molecule has 1 amide bonds. The summed E-state index contributed by atoms with van der Waals surface area (Å²) in [4.78, 5) is 16.5. The van der Waals surface area contributed by atoms with E-state index in [1.807, 2.05) is 13.0 Å². The van der Waals surface area contributed by atoms with Crippen molar-refractivity contribution < 1.29 is 18.3 Å². The molecule has 0 saturated carbocycles. The number of ether oxygens (including phenoxy) is 1. The zero-order chi connectivity index (χ0) is 18.7. The number of benzene rings is 2. The Hall–Kier alpha value is -2.98. The number of hydrogen-bond acceptors (Lipinski definition) is 3. The Morgan fingerprint density at radius 1 is 1.31 bits per heavy atom. The second-order valence-corrected chi connectivity index (χ2v) is 6.26. The Bertz CT molecular complexity index is 1070. The number of terminal acetylenes is 1. The van der Waals surface area contributed by atoms with Gasteiger partial charge in [0.15, 0.2) is 4.80 Å². The molecule has 0 radical (unpaired) electrons. The van der Waals surface area contributed by atoms with Gasteiger partial charge in [-0.25, -0.2) is 8.78 Å². The number of carbonyl (C=O) groups excluding carboxylic acids is 1. The van der Waals surface area contributed by atoms with Gasteiger partial charge in [-0.3, -0.25) is 4.79 Å². The van der Waals surface area contributed by atoms with Crippen molar-refractivity contribution in [3.05, 3.63) is 58.4 Å². The van der Waals surface area contributed by atoms with Crippen molar-refractivity contribution >= 4 is 27.5 Å². The predicted octanol–water partition coefficient (Wildman–Crippen LogP) is 3.75. The first-order chi connectivity index (χ1) is 12.5. The lowest BCUT2D eigenvalue weighted by molar-refractivity contribution is 0.0990. The maximum atomic E-state index is 13.8. The second kappa shape index (κ2) is 7.50. The lowest BCUT2D eigenvalue weighted by Gasteiger charge is -2.03. The third-order valence-electron chi connectivity index (χ3n) is 3.59. The van der Waals surface area contributed by atoms with E-state index in [9.17, 15) is 13.6 Å². The van der Waals surface area contributed by atoms with Crippen LogP contribution in [-0.2, 0) is 6.54 Å². The zero-order valence-electron chi connectivity index (χ0n) is 13.8. The van der Waals surface area contributed by atoms with E-state index < -0.39 is 23.1 Å². The number of hydrogen-bond donors (Lipinski definition) is 0. The minimum Gasteiger partial charge on any atom is -0.494 e. The molecule has 3 rings (SSSR count). The number of amides is 1. The number of thiazole rings is 1. The summed E-state index contributed by atoms with van der Waals surface area (Å²) in [6, 6.07) is 8.62. The lowest BCUT2D eigenvalue weighted by Crippen LogP contribution is -2.17. The van der Waals surface area contributed by atoms with E-state index in [1.54, 1.807) is 16.7 Å². The van der Waals surface area contributed by atoms with Gasteiger partial charge < -0.3 is 9.30 Å². The van der Waals surface area contributed by atoms with Crippen LogP contribution in [0.1, 0.15) is 17.3 Å². The molecule has 0 N–H and O–H groups in total. The third kappa shape index (κ3) is 3.37. The molecular weight excluding hydrogens is 358 g/mol. The van der Waals surface area contributed by atoms with Gasteiger partial charge in [-0.1, -0.05) is 23.3 Å². The smallest absolute Gasteiger partial charge is 0.285 e. The molecule has 26 heavy (non-hydrogen) atoms. The van der Waals surface area contributed by atoms with Gasteiger partial charge in [0.1, 0.15) is 22.9 Å². The van der Waals surface area contributed by atoms with Crippen molar-refractivity contribution in [2.75, 3.05) is 6.61 Å². The number of nitrogens with zero attached hydrogens (tertiary/aromatic N) is 2. The fraction of sp³-hybridized carbons (Fsp3) is 0.158. The van der Waals surface area contributed by atoms with E-state index in [2.05, 4.69) is 10.9 Å². The average molecular weight is 372 g/mol. The van der Waals surface area contributed by atoms with Crippen molar-refractivity contribution in [1.82, 2.24) is 4.57 Å². The number of halogens is 2. The summed E-state index contributed by atoms with van der Waals surface area (Å²) >= 11 is 1.19. The van der Waals surface area contributed by atoms with Crippen LogP contribution in [-0.4, -0.2) is 17.1 Å². The summed E-state index contributed by atoms with van der Waals surface area (Å²) in [5.74, 6) is 0.260. The summed E-state index contributed by atoms with van der Waals surface area (Å²) in [5.41, 5.74) is 0.0733. The number of rotatable bonds is 4. The molecule has 132 valence electrons. The van der Waals surface area contributed by atoms with Crippen LogP contribution in [0.2, 0.25) is 0 Å². The molecule has 0 saturated heterocycles. The average Bonchev–Trinajstić information content (AvgIpc) is 2.92. The first kappa shape index (κ1) is 17.8. The molecule has 1 aromatic heterocycles. The van der Waals surface area contributed by atoms with Crippen LogP contribution < -0.4 is 9.54 Å². The van der Waals surface area contributed by atoms with Crippen LogP contribution in [0.5, 0.6) is 5.75 Å². The maximum absolute atomic E-state index is 13.8. The largest absolute Gasteiger partial charge is 0.494 e. The van der Waals surface area contributed by atoms with Crippen molar-refractivity contribution in [2.24, 2.45) is 4.99 Å². The Morgan fingerprint density at radius 3 is 2.69 bits per heavy atom. The summed E-state index contributed by atoms with van der Waals surface area (Å²) in [6.07, 6.45) is 5.41. The van der Waals surface area contributed by atoms with E-state index in [0.717, 1.165) is 22.3 Å². The highest BCUT2D eigenvalue weighted by Gasteiger charge is 2.17. The predicted molar refractivity (Wildman–Crippen MR) is 96.1 cm³/mol. The number of aromatic nitrogens is 1. The first-order valence-corrected chi connectivity index (χ1v) is 8.59. The summed E-state index contributed by atoms with van der Waals surface area (Å²) in [7, 11) is 0. The molecular formula is C19H14F2N2O2S. The fourth-order valence-corrected chi connectivity index (χ4v) is 3.54. The summed E-state index contributed by atoms with van der Waals surface area (Å²) in [5, 5.41) is 0. The van der Waals surface area contributed by atoms with Crippen molar-refractivity contribution in [2.45, 2.75) is 13.5 Å². The molecule has 0 aliphatic heterocycles. The van der Waals surface area contributed by atoms with Crippen LogP contribution in [0.4, 0.5) is 8.78 Å². The molecule has 0 aliphatic rings. The lowest BCUT2D eigenvalue weighted by atomic mass is 10.2. The number of carbonyl (C=O) groups is 1. The van der Waals surface area contributed by atoms with Crippen LogP contribution in [0, 0.1) is 24.0 Å². The van der Waals surface area contributed by atoms with Crippen molar-refractivity contribution in [3.8, 4) is 18.1 Å². The van der Waals surface area contributed by atoms with Crippen molar-refractivity contribution in [3.63, 3.8) is 0 Å². The van der Waals surface area contributed by atoms with Gasteiger partial charge >= 0.3 is 0 Å². The van der Waals surface area contributed by atoms with Crippen LogP contribution in [0.3, 0.4) is 0 Å². The van der Waals surface area contributed by atoms with Gasteiger partial charge in [-0.05, 0) is 37.3 Å². The minimum absolute atomic E-state index is 0.167. The summed E-state index contributed by atoms with van der Waals surface area (Å²) < 4.78 is 35.6. The van der Waals surface area contributed by atoms with E-state index in [0.29, 0.717) is 12.4 Å². The molecule has 0 unspecified atom stereocenters. The molecule has 1 heterocycles. The van der Waals surface area contributed by atoms with Gasteiger partial charge in [-0.2, -0.15) is 4.99 Å². The van der Waals surface area contributed by atoms with E-state index >= 15 is 0 Å². The fourth-order valence-electron chi connectivity index (χ4n) is 2.48. The van der Waals surface area contributed by atoms with Crippen LogP contribution >= 0.6 is 11.3 Å². The van der Waals surface area contributed by atoms with Gasteiger partial charge in [0.05, 0.1) is 23.4 Å². The molecule has 0 atom stereocenters. The molecule has 4 nitrogen and oxygen atoms in total. The van der Waals surface area contributed by atoms with Gasteiger partial charge in [0.2, 0.25) is 0 Å². The quantitative estimate of drug-likeness (QED) is 0.655. The molecule has 0 spiro atoms. The maximum Gasteiger partial charge on any atom is 0.285 e. The molecule has 0 fully saturated rings. The van der Waals surface area contributed by atoms with Gasteiger partial charge in [0, 0.05) is 0 Å². The highest BCUT2D eigenvalue weighted by molar-refractivity contribution is 7.16. The van der Waals surface area contributed by atoms with Gasteiger partial charge in [-0.15, -0.1) is 6.42 Å².